The lowest BCUT2D eigenvalue weighted by Gasteiger charge is -2.18. The van der Waals surface area contributed by atoms with E-state index in [0.29, 0.717) is 5.75 Å². The van der Waals surface area contributed by atoms with Gasteiger partial charge in [0.25, 0.3) is 0 Å². The highest BCUT2D eigenvalue weighted by atomic mass is 16.5. The summed E-state index contributed by atoms with van der Waals surface area (Å²) < 4.78 is 9.24. The van der Waals surface area contributed by atoms with Crippen LogP contribution in [0.15, 0.2) is 12.3 Å². The van der Waals surface area contributed by atoms with Gasteiger partial charge in [0.05, 0.1) is 30.7 Å². The van der Waals surface area contributed by atoms with Crippen LogP contribution in [0.5, 0.6) is 5.75 Å². The first-order valence-electron chi connectivity index (χ1n) is 6.90. The van der Waals surface area contributed by atoms with E-state index >= 15 is 0 Å². The molecule has 0 aliphatic carbocycles. The van der Waals surface area contributed by atoms with Crippen LogP contribution in [0.3, 0.4) is 0 Å². The molecule has 2 rings (SSSR count). The Bertz CT molecular complexity index is 584. The third-order valence-corrected chi connectivity index (χ3v) is 3.35. The van der Waals surface area contributed by atoms with Gasteiger partial charge < -0.3 is 10.5 Å². The Labute approximate surface area is 119 Å². The number of hydrogen-bond acceptors (Lipinski definition) is 4. The molecule has 0 aliphatic heterocycles. The molecule has 2 aromatic rings. The van der Waals surface area contributed by atoms with Crippen molar-refractivity contribution in [2.75, 3.05) is 7.11 Å². The smallest absolute Gasteiger partial charge is 0.161 e. The van der Waals surface area contributed by atoms with Crippen molar-refractivity contribution in [1.82, 2.24) is 19.6 Å². The van der Waals surface area contributed by atoms with E-state index in [-0.39, 0.29) is 12.1 Å². The van der Waals surface area contributed by atoms with Gasteiger partial charge in [0.2, 0.25) is 0 Å². The molecule has 1 unspecified atom stereocenters. The zero-order chi connectivity index (χ0) is 14.9. The fourth-order valence-corrected chi connectivity index (χ4v) is 2.43. The van der Waals surface area contributed by atoms with Gasteiger partial charge in [-0.15, -0.1) is 0 Å². The minimum atomic E-state index is -0.309. The first-order valence-corrected chi connectivity index (χ1v) is 6.90. The number of aryl methyl sites for hydroxylation is 2. The lowest BCUT2D eigenvalue weighted by molar-refractivity contribution is 0.399. The Hall–Kier alpha value is -1.82. The molecule has 0 bridgehead atoms. The van der Waals surface area contributed by atoms with Crippen LogP contribution in [0, 0.1) is 6.92 Å². The van der Waals surface area contributed by atoms with Crippen molar-refractivity contribution >= 4 is 0 Å². The summed E-state index contributed by atoms with van der Waals surface area (Å²) in [6, 6.07) is 1.93. The number of ether oxygens (including phenoxy) is 1. The molecule has 0 fully saturated rings. The second-order valence-electron chi connectivity index (χ2n) is 5.14. The summed E-state index contributed by atoms with van der Waals surface area (Å²) in [6.45, 7) is 8.96. The van der Waals surface area contributed by atoms with E-state index in [1.54, 1.807) is 13.3 Å². The van der Waals surface area contributed by atoms with E-state index in [0.717, 1.165) is 23.6 Å². The van der Waals surface area contributed by atoms with Crippen LogP contribution >= 0.6 is 0 Å². The largest absolute Gasteiger partial charge is 0.493 e. The van der Waals surface area contributed by atoms with E-state index in [2.05, 4.69) is 31.0 Å². The molecule has 0 saturated heterocycles. The van der Waals surface area contributed by atoms with Gasteiger partial charge >= 0.3 is 0 Å². The van der Waals surface area contributed by atoms with E-state index in [9.17, 15) is 0 Å². The Balaban J connectivity index is 2.51. The first kappa shape index (κ1) is 14.6. The normalized spacial score (nSPS) is 12.9. The minimum Gasteiger partial charge on any atom is -0.493 e. The number of rotatable bonds is 5. The summed E-state index contributed by atoms with van der Waals surface area (Å²) in [6.07, 6.45) is 1.72. The van der Waals surface area contributed by atoms with E-state index in [1.807, 2.05) is 22.4 Å². The zero-order valence-electron chi connectivity index (χ0n) is 12.8. The van der Waals surface area contributed by atoms with Crippen molar-refractivity contribution in [3.63, 3.8) is 0 Å². The predicted molar refractivity (Wildman–Crippen MR) is 77.8 cm³/mol. The molecule has 6 heteroatoms. The maximum atomic E-state index is 6.46. The highest BCUT2D eigenvalue weighted by molar-refractivity contribution is 5.34. The Kier molecular flexibility index (Phi) is 4.13. The maximum absolute atomic E-state index is 6.46. The summed E-state index contributed by atoms with van der Waals surface area (Å²) in [7, 11) is 1.64. The quantitative estimate of drug-likeness (QED) is 0.908. The lowest BCUT2D eigenvalue weighted by Crippen LogP contribution is -2.22. The van der Waals surface area contributed by atoms with Crippen LogP contribution in [0.25, 0.3) is 0 Å². The molecule has 2 aromatic heterocycles. The van der Waals surface area contributed by atoms with Gasteiger partial charge in [-0.05, 0) is 33.8 Å². The predicted octanol–water partition coefficient (Wildman–Crippen LogP) is 2.05. The molecular formula is C14H23N5O. The molecule has 0 spiro atoms. The Morgan fingerprint density at radius 3 is 2.65 bits per heavy atom. The van der Waals surface area contributed by atoms with Gasteiger partial charge in [0.15, 0.2) is 5.75 Å². The summed E-state index contributed by atoms with van der Waals surface area (Å²) in [5, 5.41) is 8.83. The highest BCUT2D eigenvalue weighted by Crippen LogP contribution is 2.30. The zero-order valence-corrected chi connectivity index (χ0v) is 12.8. The molecule has 6 nitrogen and oxygen atoms in total. The van der Waals surface area contributed by atoms with Crippen LogP contribution in [-0.2, 0) is 6.54 Å². The molecule has 1 atom stereocenters. The average molecular weight is 277 g/mol. The number of aromatic nitrogens is 4. The highest BCUT2D eigenvalue weighted by Gasteiger charge is 2.24. The van der Waals surface area contributed by atoms with Crippen molar-refractivity contribution in [2.45, 2.75) is 46.3 Å². The summed E-state index contributed by atoms with van der Waals surface area (Å²) in [4.78, 5) is 0. The Morgan fingerprint density at radius 1 is 1.40 bits per heavy atom. The summed E-state index contributed by atoms with van der Waals surface area (Å²) >= 11 is 0. The molecule has 0 saturated carbocycles. The molecule has 0 aromatic carbocycles. The fraction of sp³-hybridized carbons (Fsp3) is 0.571. The molecule has 2 heterocycles. The van der Waals surface area contributed by atoms with Crippen LogP contribution in [0.2, 0.25) is 0 Å². The van der Waals surface area contributed by atoms with Gasteiger partial charge in [-0.2, -0.15) is 10.2 Å². The van der Waals surface area contributed by atoms with Crippen molar-refractivity contribution < 1.29 is 4.74 Å². The molecule has 0 radical (unpaired) electrons. The number of hydrogen-bond donors (Lipinski definition) is 1. The molecule has 20 heavy (non-hydrogen) atoms. The minimum absolute atomic E-state index is 0.221. The van der Waals surface area contributed by atoms with Gasteiger partial charge in [-0.25, -0.2) is 0 Å². The van der Waals surface area contributed by atoms with Gasteiger partial charge in [0, 0.05) is 12.6 Å². The second-order valence-corrected chi connectivity index (χ2v) is 5.14. The average Bonchev–Trinajstić information content (AvgIpc) is 3.00. The topological polar surface area (TPSA) is 70.9 Å². The van der Waals surface area contributed by atoms with Crippen LogP contribution in [0.4, 0.5) is 0 Å². The molecule has 110 valence electrons. The van der Waals surface area contributed by atoms with Crippen molar-refractivity contribution in [2.24, 2.45) is 5.73 Å². The van der Waals surface area contributed by atoms with Crippen LogP contribution in [-0.4, -0.2) is 26.7 Å². The number of nitrogens with two attached hydrogens (primary N) is 1. The number of nitrogens with zero attached hydrogens (tertiary/aromatic N) is 4. The van der Waals surface area contributed by atoms with E-state index in [1.165, 1.54) is 0 Å². The molecule has 0 aliphatic rings. The first-order chi connectivity index (χ1) is 9.49. The van der Waals surface area contributed by atoms with E-state index < -0.39 is 0 Å². The van der Waals surface area contributed by atoms with Gasteiger partial charge in [-0.3, -0.25) is 9.36 Å². The van der Waals surface area contributed by atoms with Crippen LogP contribution < -0.4 is 10.5 Å². The SMILES string of the molecule is CCn1nc(C)cc1C(N)c1c(OC)cnn1C(C)C. The van der Waals surface area contributed by atoms with Crippen molar-refractivity contribution in [1.29, 1.82) is 0 Å². The van der Waals surface area contributed by atoms with E-state index in [4.69, 9.17) is 10.5 Å². The Morgan fingerprint density at radius 2 is 2.10 bits per heavy atom. The fourth-order valence-electron chi connectivity index (χ4n) is 2.43. The van der Waals surface area contributed by atoms with Crippen LogP contribution in [0.1, 0.15) is 49.9 Å². The number of methoxy groups -OCH3 is 1. The third kappa shape index (κ3) is 2.43. The summed E-state index contributed by atoms with van der Waals surface area (Å²) in [5.41, 5.74) is 9.29. The maximum Gasteiger partial charge on any atom is 0.161 e. The molecular weight excluding hydrogens is 254 g/mol. The monoisotopic (exact) mass is 277 g/mol. The van der Waals surface area contributed by atoms with Gasteiger partial charge in [0.1, 0.15) is 5.69 Å². The molecule has 0 amide bonds. The van der Waals surface area contributed by atoms with Gasteiger partial charge in [-0.1, -0.05) is 0 Å². The third-order valence-electron chi connectivity index (χ3n) is 3.35. The van der Waals surface area contributed by atoms with Crippen molar-refractivity contribution in [3.8, 4) is 5.75 Å². The standard InChI is InChI=1S/C14H23N5O/c1-6-18-11(7-10(4)17-18)13(15)14-12(20-5)8-16-19(14)9(2)3/h7-9,13H,6,15H2,1-5H3. The second kappa shape index (κ2) is 5.66. The molecule has 2 N–H and O–H groups in total. The summed E-state index contributed by atoms with van der Waals surface area (Å²) in [5.74, 6) is 0.715. The van der Waals surface area contributed by atoms with Crippen molar-refractivity contribution in [3.05, 3.63) is 29.3 Å². The lowest BCUT2D eigenvalue weighted by atomic mass is 10.1.